The van der Waals surface area contributed by atoms with Crippen LogP contribution in [0.5, 0.6) is 5.75 Å². The van der Waals surface area contributed by atoms with Gasteiger partial charge in [0.15, 0.2) is 5.12 Å². The second kappa shape index (κ2) is 7.20. The number of rotatable bonds is 3. The molecule has 1 aromatic rings. The summed E-state index contributed by atoms with van der Waals surface area (Å²) in [5.41, 5.74) is 6.87. The van der Waals surface area contributed by atoms with Crippen molar-refractivity contribution >= 4 is 34.2 Å². The van der Waals surface area contributed by atoms with Crippen LogP contribution in [-0.2, 0) is 4.79 Å². The third-order valence-electron chi connectivity index (χ3n) is 2.07. The van der Waals surface area contributed by atoms with Crippen molar-refractivity contribution in [3.63, 3.8) is 0 Å². The van der Waals surface area contributed by atoms with Crippen molar-refractivity contribution in [2.24, 2.45) is 0 Å². The van der Waals surface area contributed by atoms with Gasteiger partial charge in [-0.05, 0) is 12.1 Å². The van der Waals surface area contributed by atoms with Crippen LogP contribution in [0.3, 0.4) is 0 Å². The number of carbonyl (C=O) groups excluding carboxylic acids is 1. The first-order valence-corrected chi connectivity index (χ1v) is 6.66. The largest absolute Gasteiger partial charge is 0.495 e. The van der Waals surface area contributed by atoms with E-state index in [0.29, 0.717) is 34.2 Å². The van der Waals surface area contributed by atoms with Crippen LogP contribution in [0, 0.1) is 11.8 Å². The highest BCUT2D eigenvalue weighted by molar-refractivity contribution is 8.13. The van der Waals surface area contributed by atoms with E-state index in [2.05, 4.69) is 11.8 Å². The number of hydrogen-bond acceptors (Lipinski definition) is 4. The molecule has 0 amide bonds. The SMILES string of the molecule is COc1cc(C#CCCSC(C)=O)c(Cl)cc1N. The molecule has 0 saturated carbocycles. The summed E-state index contributed by atoms with van der Waals surface area (Å²) in [7, 11) is 1.54. The number of methoxy groups -OCH3 is 1. The maximum Gasteiger partial charge on any atom is 0.185 e. The molecule has 0 unspecified atom stereocenters. The van der Waals surface area contributed by atoms with Crippen LogP contribution in [0.15, 0.2) is 12.1 Å². The number of anilines is 1. The van der Waals surface area contributed by atoms with Crippen molar-refractivity contribution in [1.82, 2.24) is 0 Å². The van der Waals surface area contributed by atoms with Crippen molar-refractivity contribution in [1.29, 1.82) is 0 Å². The number of carbonyl (C=O) groups is 1. The molecule has 96 valence electrons. The normalized spacial score (nSPS) is 9.50. The lowest BCUT2D eigenvalue weighted by Gasteiger charge is -2.05. The van der Waals surface area contributed by atoms with E-state index in [9.17, 15) is 4.79 Å². The van der Waals surface area contributed by atoms with E-state index in [1.54, 1.807) is 26.2 Å². The Labute approximate surface area is 116 Å². The second-order valence-electron chi connectivity index (χ2n) is 3.47. The van der Waals surface area contributed by atoms with Gasteiger partial charge in [0.05, 0.1) is 17.8 Å². The minimum absolute atomic E-state index is 0.101. The Morgan fingerprint density at radius 2 is 2.28 bits per heavy atom. The first kappa shape index (κ1) is 14.7. The molecule has 0 aliphatic rings. The molecule has 0 spiro atoms. The Morgan fingerprint density at radius 3 is 2.89 bits per heavy atom. The lowest BCUT2D eigenvalue weighted by atomic mass is 10.2. The van der Waals surface area contributed by atoms with Crippen molar-refractivity contribution < 1.29 is 9.53 Å². The smallest absolute Gasteiger partial charge is 0.185 e. The standard InChI is InChI=1S/C13H14ClNO2S/c1-9(16)18-6-4-3-5-10-7-13(17-2)12(15)8-11(10)14/h7-8H,4,6,15H2,1-2H3. The van der Waals surface area contributed by atoms with Crippen LogP contribution >= 0.6 is 23.4 Å². The summed E-state index contributed by atoms with van der Waals surface area (Å²) in [6.07, 6.45) is 0.632. The number of nitrogen functional groups attached to an aromatic ring is 1. The van der Waals surface area contributed by atoms with Crippen molar-refractivity contribution in [2.75, 3.05) is 18.6 Å². The van der Waals surface area contributed by atoms with Gasteiger partial charge in [0, 0.05) is 24.7 Å². The summed E-state index contributed by atoms with van der Waals surface area (Å²) >= 11 is 7.29. The number of halogens is 1. The number of hydrogen-bond donors (Lipinski definition) is 1. The molecular weight excluding hydrogens is 270 g/mol. The van der Waals surface area contributed by atoms with E-state index >= 15 is 0 Å². The lowest BCUT2D eigenvalue weighted by Crippen LogP contribution is -1.93. The van der Waals surface area contributed by atoms with Gasteiger partial charge in [-0.1, -0.05) is 35.2 Å². The minimum atomic E-state index is 0.101. The fourth-order valence-corrected chi connectivity index (χ4v) is 1.96. The third-order valence-corrected chi connectivity index (χ3v) is 3.20. The van der Waals surface area contributed by atoms with Crippen molar-refractivity contribution in [3.8, 4) is 17.6 Å². The predicted molar refractivity (Wildman–Crippen MR) is 77.1 cm³/mol. The molecule has 3 nitrogen and oxygen atoms in total. The van der Waals surface area contributed by atoms with Crippen LogP contribution in [0.1, 0.15) is 18.9 Å². The van der Waals surface area contributed by atoms with Crippen LogP contribution < -0.4 is 10.5 Å². The maximum atomic E-state index is 10.7. The second-order valence-corrected chi connectivity index (χ2v) is 5.14. The third kappa shape index (κ3) is 4.52. The average Bonchev–Trinajstić information content (AvgIpc) is 2.30. The zero-order valence-corrected chi connectivity index (χ0v) is 11.8. The zero-order valence-electron chi connectivity index (χ0n) is 10.2. The van der Waals surface area contributed by atoms with Gasteiger partial charge < -0.3 is 10.5 Å². The summed E-state index contributed by atoms with van der Waals surface area (Å²) in [6, 6.07) is 3.33. The molecule has 0 bridgehead atoms. The lowest BCUT2D eigenvalue weighted by molar-refractivity contribution is -0.109. The summed E-state index contributed by atoms with van der Waals surface area (Å²) < 4.78 is 5.10. The van der Waals surface area contributed by atoms with Gasteiger partial charge in [0.2, 0.25) is 0 Å². The molecule has 0 saturated heterocycles. The van der Waals surface area contributed by atoms with Gasteiger partial charge in [0.1, 0.15) is 5.75 Å². The Morgan fingerprint density at radius 1 is 1.56 bits per heavy atom. The van der Waals surface area contributed by atoms with E-state index < -0.39 is 0 Å². The molecule has 1 rings (SSSR count). The molecule has 0 heterocycles. The molecule has 5 heteroatoms. The van der Waals surface area contributed by atoms with E-state index in [-0.39, 0.29) is 5.12 Å². The molecule has 0 atom stereocenters. The van der Waals surface area contributed by atoms with E-state index in [0.717, 1.165) is 0 Å². The quantitative estimate of drug-likeness (QED) is 0.526. The molecule has 18 heavy (non-hydrogen) atoms. The molecule has 0 fully saturated rings. The first-order chi connectivity index (χ1) is 8.54. The zero-order chi connectivity index (χ0) is 13.5. The maximum absolute atomic E-state index is 10.7. The topological polar surface area (TPSA) is 52.3 Å². The number of nitrogens with two attached hydrogens (primary N) is 1. The highest BCUT2D eigenvalue weighted by Crippen LogP contribution is 2.28. The Balaban J connectivity index is 2.72. The fourth-order valence-electron chi connectivity index (χ4n) is 1.24. The van der Waals surface area contributed by atoms with Gasteiger partial charge in [-0.15, -0.1) is 0 Å². The number of ether oxygens (including phenoxy) is 1. The van der Waals surface area contributed by atoms with Gasteiger partial charge in [0.25, 0.3) is 0 Å². The first-order valence-electron chi connectivity index (χ1n) is 5.30. The van der Waals surface area contributed by atoms with E-state index in [1.165, 1.54) is 11.8 Å². The minimum Gasteiger partial charge on any atom is -0.495 e. The summed E-state index contributed by atoms with van der Waals surface area (Å²) in [5, 5.41) is 0.601. The highest BCUT2D eigenvalue weighted by atomic mass is 35.5. The molecule has 0 radical (unpaired) electrons. The molecule has 0 aliphatic heterocycles. The molecule has 2 N–H and O–H groups in total. The van der Waals surface area contributed by atoms with Crippen LogP contribution in [0.4, 0.5) is 5.69 Å². The van der Waals surface area contributed by atoms with Crippen LogP contribution in [-0.4, -0.2) is 18.0 Å². The van der Waals surface area contributed by atoms with Crippen LogP contribution in [0.2, 0.25) is 5.02 Å². The van der Waals surface area contributed by atoms with E-state index in [1.807, 2.05) is 0 Å². The van der Waals surface area contributed by atoms with Gasteiger partial charge in [-0.3, -0.25) is 4.79 Å². The average molecular weight is 284 g/mol. The number of thioether (sulfide) groups is 1. The van der Waals surface area contributed by atoms with Gasteiger partial charge >= 0.3 is 0 Å². The number of benzene rings is 1. The van der Waals surface area contributed by atoms with Gasteiger partial charge in [-0.25, -0.2) is 0 Å². The fraction of sp³-hybridized carbons (Fsp3) is 0.308. The highest BCUT2D eigenvalue weighted by Gasteiger charge is 2.04. The Bertz CT molecular complexity index is 506. The molecule has 0 aromatic heterocycles. The summed E-state index contributed by atoms with van der Waals surface area (Å²) in [6.45, 7) is 1.54. The van der Waals surface area contributed by atoms with Crippen LogP contribution in [0.25, 0.3) is 0 Å². The van der Waals surface area contributed by atoms with E-state index in [4.69, 9.17) is 22.1 Å². The monoisotopic (exact) mass is 283 g/mol. The summed E-state index contributed by atoms with van der Waals surface area (Å²) in [4.78, 5) is 10.7. The van der Waals surface area contributed by atoms with Gasteiger partial charge in [-0.2, -0.15) is 0 Å². The predicted octanol–water partition coefficient (Wildman–Crippen LogP) is 2.95. The summed E-state index contributed by atoms with van der Waals surface area (Å²) in [5.74, 6) is 7.16. The van der Waals surface area contributed by atoms with Crippen molar-refractivity contribution in [3.05, 3.63) is 22.7 Å². The Hall–Kier alpha value is -1.31. The van der Waals surface area contributed by atoms with Crippen molar-refractivity contribution in [2.45, 2.75) is 13.3 Å². The molecule has 0 aliphatic carbocycles. The molecule has 1 aromatic carbocycles. The Kier molecular flexibility index (Phi) is 5.90. The molecular formula is C13H14ClNO2S.